The van der Waals surface area contributed by atoms with Crippen LogP contribution in [0.25, 0.3) is 11.1 Å². The first kappa shape index (κ1) is 34.5. The van der Waals surface area contributed by atoms with E-state index in [0.717, 1.165) is 73.4 Å². The molecule has 1 aliphatic rings. The quantitative estimate of drug-likeness (QED) is 0.173. The van der Waals surface area contributed by atoms with E-state index in [1.54, 1.807) is 17.0 Å². The molecule has 0 saturated carbocycles. The number of carboxylic acid groups (broad SMARTS) is 1. The van der Waals surface area contributed by atoms with Gasteiger partial charge in [-0.1, -0.05) is 69.3 Å². The van der Waals surface area contributed by atoms with Crippen molar-refractivity contribution < 1.29 is 24.2 Å². The fourth-order valence-electron chi connectivity index (χ4n) is 5.71. The predicted octanol–water partition coefficient (Wildman–Crippen LogP) is 7.10. The number of nitrogens with one attached hydrogen (secondary N) is 2. The Balaban J connectivity index is 1.11. The number of nitrogens with zero attached hydrogens (tertiary/aromatic N) is 2. The van der Waals surface area contributed by atoms with Gasteiger partial charge in [-0.25, -0.2) is 9.59 Å². The minimum absolute atomic E-state index is 0.131. The molecule has 3 N–H and O–H groups in total. The number of carbonyl (C=O) groups is 3. The average molecular weight is 629 g/mol. The van der Waals surface area contributed by atoms with Gasteiger partial charge in [0, 0.05) is 57.4 Å². The van der Waals surface area contributed by atoms with Crippen LogP contribution in [0.15, 0.2) is 72.8 Å². The highest BCUT2D eigenvalue weighted by atomic mass is 16.6. The molecule has 3 aromatic carbocycles. The molecule has 1 saturated heterocycles. The number of piperidine rings is 1. The highest BCUT2D eigenvalue weighted by Gasteiger charge is 2.24. The maximum absolute atomic E-state index is 12.7. The van der Waals surface area contributed by atoms with Crippen LogP contribution in [0.4, 0.5) is 16.2 Å². The number of hydrogen-bond donors (Lipinski definition) is 3. The van der Waals surface area contributed by atoms with Crippen molar-refractivity contribution in [1.29, 1.82) is 0 Å². The fourth-order valence-corrected chi connectivity index (χ4v) is 5.71. The van der Waals surface area contributed by atoms with Crippen molar-refractivity contribution in [2.45, 2.75) is 64.4 Å². The molecule has 9 heteroatoms. The van der Waals surface area contributed by atoms with Crippen LogP contribution in [0.2, 0.25) is 0 Å². The molecule has 0 radical (unpaired) electrons. The minimum atomic E-state index is -0.917. The lowest BCUT2D eigenvalue weighted by atomic mass is 9.83. The highest BCUT2D eigenvalue weighted by Crippen LogP contribution is 2.29. The van der Waals surface area contributed by atoms with Crippen LogP contribution in [0, 0.1) is 0 Å². The summed E-state index contributed by atoms with van der Waals surface area (Å²) in [4.78, 5) is 41.1. The molecule has 9 nitrogen and oxygen atoms in total. The topological polar surface area (TPSA) is 111 Å². The predicted molar refractivity (Wildman–Crippen MR) is 184 cm³/mol. The summed E-state index contributed by atoms with van der Waals surface area (Å²) in [6, 6.07) is 23.0. The third-order valence-electron chi connectivity index (χ3n) is 8.44. The first-order valence-electron chi connectivity index (χ1n) is 16.2. The number of carbonyl (C=O) groups excluding carboxylic acids is 2. The Morgan fingerprint density at radius 3 is 2.35 bits per heavy atom. The van der Waals surface area contributed by atoms with Gasteiger partial charge in [0.2, 0.25) is 5.91 Å². The number of anilines is 2. The second-order valence-corrected chi connectivity index (χ2v) is 13.0. The molecule has 0 aromatic heterocycles. The van der Waals surface area contributed by atoms with Crippen LogP contribution in [0.1, 0.15) is 68.8 Å². The van der Waals surface area contributed by atoms with Crippen molar-refractivity contribution in [2.24, 2.45) is 0 Å². The molecule has 0 aliphatic carbocycles. The van der Waals surface area contributed by atoms with Crippen LogP contribution in [-0.4, -0.2) is 78.8 Å². The number of ether oxygens (including phenoxy) is 1. The van der Waals surface area contributed by atoms with Gasteiger partial charge in [0.05, 0.1) is 11.3 Å². The molecule has 2 amide bonds. The number of carboxylic acids is 1. The lowest BCUT2D eigenvalue weighted by molar-refractivity contribution is -0.130. The number of rotatable bonds is 13. The molecular formula is C37H48N4O5. The standard InChI is InChI=1S/C37H48N4O5/c1-37(2,3)32-26-28(17-18-31(32)35(43)44)38-21-11-10-16-34(42)40(4)24-25-41-22-19-29(20-23-41)46-36(45)39-33-15-9-8-14-30(33)27-12-6-5-7-13-27/h5-9,12-15,17-18,26,29,38H,10-11,16,19-25H2,1-4H3,(H,39,45)(H,43,44). The van der Waals surface area contributed by atoms with Gasteiger partial charge in [-0.3, -0.25) is 10.1 Å². The molecule has 4 rings (SSSR count). The van der Waals surface area contributed by atoms with Crippen molar-refractivity contribution in [3.8, 4) is 11.1 Å². The van der Waals surface area contributed by atoms with Gasteiger partial charge in [0.1, 0.15) is 6.10 Å². The first-order valence-corrected chi connectivity index (χ1v) is 16.2. The maximum Gasteiger partial charge on any atom is 0.411 e. The second kappa shape index (κ2) is 16.3. The van der Waals surface area contributed by atoms with Crippen LogP contribution in [0.3, 0.4) is 0 Å². The van der Waals surface area contributed by atoms with Gasteiger partial charge in [-0.15, -0.1) is 0 Å². The summed E-state index contributed by atoms with van der Waals surface area (Å²) in [5.74, 6) is -0.786. The van der Waals surface area contributed by atoms with Crippen molar-refractivity contribution in [3.63, 3.8) is 0 Å². The smallest absolute Gasteiger partial charge is 0.411 e. The summed E-state index contributed by atoms with van der Waals surface area (Å²) in [6.45, 7) is 9.81. The van der Waals surface area contributed by atoms with Crippen LogP contribution >= 0.6 is 0 Å². The molecule has 0 spiro atoms. The number of aromatic carboxylic acids is 1. The highest BCUT2D eigenvalue weighted by molar-refractivity contribution is 5.92. The first-order chi connectivity index (χ1) is 22.0. The third-order valence-corrected chi connectivity index (χ3v) is 8.44. The number of benzene rings is 3. The lowest BCUT2D eigenvalue weighted by Crippen LogP contribution is -2.42. The number of para-hydroxylation sites is 1. The Bertz CT molecular complexity index is 1460. The molecule has 246 valence electrons. The molecule has 1 aliphatic heterocycles. The van der Waals surface area contributed by atoms with E-state index in [0.29, 0.717) is 25.1 Å². The van der Waals surface area contributed by atoms with Gasteiger partial charge in [0.15, 0.2) is 0 Å². The fraction of sp³-hybridized carbons (Fsp3) is 0.432. The second-order valence-electron chi connectivity index (χ2n) is 13.0. The Kier molecular flexibility index (Phi) is 12.2. The zero-order valence-electron chi connectivity index (χ0n) is 27.6. The molecule has 0 atom stereocenters. The SMILES string of the molecule is CN(CCN1CCC(OC(=O)Nc2ccccc2-c2ccccc2)CC1)C(=O)CCCCNc1ccc(C(=O)O)c(C(C)(C)C)c1. The van der Waals surface area contributed by atoms with E-state index in [1.807, 2.05) is 88.5 Å². The average Bonchev–Trinajstić information content (AvgIpc) is 3.04. The van der Waals surface area contributed by atoms with Crippen LogP contribution in [-0.2, 0) is 14.9 Å². The maximum atomic E-state index is 12.7. The molecule has 0 bridgehead atoms. The molecular weight excluding hydrogens is 580 g/mol. The number of unbranched alkanes of at least 4 members (excludes halogenated alkanes) is 1. The lowest BCUT2D eigenvalue weighted by Gasteiger charge is -2.32. The largest absolute Gasteiger partial charge is 0.478 e. The van der Waals surface area contributed by atoms with Crippen molar-refractivity contribution >= 4 is 29.3 Å². The number of amides is 2. The zero-order chi connectivity index (χ0) is 33.1. The minimum Gasteiger partial charge on any atom is -0.478 e. The summed E-state index contributed by atoms with van der Waals surface area (Å²) in [6.07, 6.45) is 3.04. The number of likely N-dealkylation sites (tertiary alicyclic amines) is 1. The summed E-state index contributed by atoms with van der Waals surface area (Å²) < 4.78 is 5.76. The Morgan fingerprint density at radius 1 is 0.957 bits per heavy atom. The number of hydrogen-bond acceptors (Lipinski definition) is 6. The van der Waals surface area contributed by atoms with Gasteiger partial charge < -0.3 is 25.0 Å². The summed E-state index contributed by atoms with van der Waals surface area (Å²) in [5, 5.41) is 15.8. The van der Waals surface area contributed by atoms with Crippen molar-refractivity contribution in [2.75, 3.05) is 50.4 Å². The molecule has 1 fully saturated rings. The van der Waals surface area contributed by atoms with E-state index in [2.05, 4.69) is 15.5 Å². The Morgan fingerprint density at radius 2 is 1.65 bits per heavy atom. The number of likely N-dealkylation sites (N-methyl/N-ethyl adjacent to an activating group) is 1. The normalized spacial score (nSPS) is 14.0. The van der Waals surface area contributed by atoms with E-state index in [4.69, 9.17) is 4.74 Å². The summed E-state index contributed by atoms with van der Waals surface area (Å²) >= 11 is 0. The van der Waals surface area contributed by atoms with Gasteiger partial charge in [-0.2, -0.15) is 0 Å². The van der Waals surface area contributed by atoms with E-state index in [9.17, 15) is 19.5 Å². The zero-order valence-corrected chi connectivity index (χ0v) is 27.6. The summed E-state index contributed by atoms with van der Waals surface area (Å²) in [5.41, 5.74) is 4.44. The summed E-state index contributed by atoms with van der Waals surface area (Å²) in [7, 11) is 1.85. The van der Waals surface area contributed by atoms with Gasteiger partial charge in [0.25, 0.3) is 0 Å². The Hall–Kier alpha value is -4.37. The van der Waals surface area contributed by atoms with Crippen molar-refractivity contribution in [3.05, 3.63) is 83.9 Å². The monoisotopic (exact) mass is 628 g/mol. The molecule has 1 heterocycles. The Labute approximate surface area is 272 Å². The third kappa shape index (κ3) is 10.1. The van der Waals surface area contributed by atoms with E-state index >= 15 is 0 Å². The van der Waals surface area contributed by atoms with E-state index in [-0.39, 0.29) is 17.4 Å². The van der Waals surface area contributed by atoms with E-state index < -0.39 is 12.1 Å². The molecule has 3 aromatic rings. The van der Waals surface area contributed by atoms with E-state index in [1.165, 1.54) is 0 Å². The van der Waals surface area contributed by atoms with Crippen LogP contribution < -0.4 is 10.6 Å². The van der Waals surface area contributed by atoms with Crippen molar-refractivity contribution in [1.82, 2.24) is 9.80 Å². The van der Waals surface area contributed by atoms with Crippen LogP contribution in [0.5, 0.6) is 0 Å². The molecule has 0 unspecified atom stereocenters. The molecule has 46 heavy (non-hydrogen) atoms. The van der Waals surface area contributed by atoms with Gasteiger partial charge >= 0.3 is 12.1 Å². The van der Waals surface area contributed by atoms with Gasteiger partial charge in [-0.05, 0) is 66.5 Å².